The van der Waals surface area contributed by atoms with Gasteiger partial charge in [0.2, 0.25) is 0 Å². The van der Waals surface area contributed by atoms with Gasteiger partial charge in [0.25, 0.3) is 0 Å². The highest BCUT2D eigenvalue weighted by Crippen LogP contribution is 2.59. The van der Waals surface area contributed by atoms with E-state index in [1.165, 1.54) is 6.42 Å². The van der Waals surface area contributed by atoms with Crippen LogP contribution >= 0.6 is 0 Å². The lowest BCUT2D eigenvalue weighted by Crippen LogP contribution is -2.51. The highest BCUT2D eigenvalue weighted by Gasteiger charge is 2.54. The van der Waals surface area contributed by atoms with Crippen molar-refractivity contribution in [1.82, 2.24) is 0 Å². The summed E-state index contributed by atoms with van der Waals surface area (Å²) in [5, 5.41) is 10.3. The molecule has 3 unspecified atom stereocenters. The average molecular weight is 304 g/mol. The Hall–Kier alpha value is -0.890. The van der Waals surface area contributed by atoms with Gasteiger partial charge in [0.05, 0.1) is 5.60 Å². The molecular formula is C20H32O2. The largest absolute Gasteiger partial charge is 0.386 e. The summed E-state index contributed by atoms with van der Waals surface area (Å²) in [5.74, 6) is 0.892. The summed E-state index contributed by atoms with van der Waals surface area (Å²) in [7, 11) is 0. The van der Waals surface area contributed by atoms with E-state index in [1.807, 2.05) is 6.92 Å². The van der Waals surface area contributed by atoms with Crippen LogP contribution in [-0.2, 0) is 4.79 Å². The van der Waals surface area contributed by atoms with Gasteiger partial charge in [-0.3, -0.25) is 4.79 Å². The van der Waals surface area contributed by atoms with Crippen molar-refractivity contribution < 1.29 is 9.90 Å². The maximum Gasteiger partial charge on any atom is 0.140 e. The molecule has 2 saturated carbocycles. The van der Waals surface area contributed by atoms with E-state index >= 15 is 0 Å². The van der Waals surface area contributed by atoms with Gasteiger partial charge in [0, 0.05) is 12.3 Å². The molecular weight excluding hydrogens is 272 g/mol. The first kappa shape index (κ1) is 17.5. The molecule has 0 aromatic rings. The summed E-state index contributed by atoms with van der Waals surface area (Å²) in [5.41, 5.74) is 0.257. The van der Waals surface area contributed by atoms with E-state index < -0.39 is 5.60 Å². The smallest absolute Gasteiger partial charge is 0.140 e. The lowest BCUT2D eigenvalue weighted by atomic mass is 9.48. The maximum atomic E-state index is 12.7. The molecule has 0 bridgehead atoms. The Morgan fingerprint density at radius 2 is 2.05 bits per heavy atom. The number of aliphatic hydroxyl groups is 1. The first-order chi connectivity index (χ1) is 10.0. The predicted molar refractivity (Wildman–Crippen MR) is 91.5 cm³/mol. The van der Waals surface area contributed by atoms with Crippen LogP contribution in [0.3, 0.4) is 0 Å². The van der Waals surface area contributed by atoms with Gasteiger partial charge in [-0.15, -0.1) is 6.58 Å². The molecule has 0 aromatic heterocycles. The van der Waals surface area contributed by atoms with Crippen LogP contribution < -0.4 is 0 Å². The molecule has 2 fully saturated rings. The second-order valence-electron chi connectivity index (χ2n) is 8.69. The topological polar surface area (TPSA) is 37.3 Å². The van der Waals surface area contributed by atoms with E-state index in [9.17, 15) is 9.90 Å². The van der Waals surface area contributed by atoms with Crippen molar-refractivity contribution in [3.8, 4) is 0 Å². The van der Waals surface area contributed by atoms with Crippen molar-refractivity contribution >= 4 is 5.78 Å². The predicted octanol–water partition coefficient (Wildman–Crippen LogP) is 4.68. The number of ketones is 1. The van der Waals surface area contributed by atoms with Crippen LogP contribution in [0.1, 0.15) is 66.2 Å². The number of allylic oxidation sites excluding steroid dienone is 1. The Morgan fingerprint density at radius 3 is 2.64 bits per heavy atom. The molecule has 0 heterocycles. The first-order valence-corrected chi connectivity index (χ1v) is 8.60. The first-order valence-electron chi connectivity index (χ1n) is 8.60. The third-order valence-corrected chi connectivity index (χ3v) is 6.53. The van der Waals surface area contributed by atoms with Crippen LogP contribution in [0.4, 0.5) is 0 Å². The molecule has 2 aliphatic carbocycles. The molecule has 0 saturated heterocycles. The van der Waals surface area contributed by atoms with Gasteiger partial charge in [-0.2, -0.15) is 0 Å². The van der Waals surface area contributed by atoms with Crippen LogP contribution in [-0.4, -0.2) is 16.5 Å². The van der Waals surface area contributed by atoms with Crippen molar-refractivity contribution in [1.29, 1.82) is 0 Å². The summed E-state index contributed by atoms with van der Waals surface area (Å²) in [6.45, 7) is 16.5. The van der Waals surface area contributed by atoms with Crippen LogP contribution in [0.25, 0.3) is 0 Å². The van der Waals surface area contributed by atoms with Gasteiger partial charge in [-0.25, -0.2) is 0 Å². The van der Waals surface area contributed by atoms with Gasteiger partial charge in [0.15, 0.2) is 0 Å². The standard InChI is InChI=1S/C20H32O2/c1-7-19(5,22)11-12-20(6)14(2)13-16(21)17-15(20)9-8-10-18(17,3)4/h7,15,17,22H,1-2,8-13H2,3-6H3/t15?,17?,19?,20-/m1/s1. The Kier molecular flexibility index (Phi) is 4.47. The maximum absolute atomic E-state index is 12.7. The van der Waals surface area contributed by atoms with Gasteiger partial charge in [-0.05, 0) is 49.4 Å². The fourth-order valence-electron chi connectivity index (χ4n) is 4.75. The number of hydrogen-bond donors (Lipinski definition) is 1. The fraction of sp³-hybridized carbons (Fsp3) is 0.750. The van der Waals surface area contributed by atoms with Crippen LogP contribution in [0, 0.1) is 22.7 Å². The fourth-order valence-corrected chi connectivity index (χ4v) is 4.75. The van der Waals surface area contributed by atoms with Crippen molar-refractivity contribution in [3.05, 3.63) is 24.8 Å². The minimum absolute atomic E-state index is 0.0523. The van der Waals surface area contributed by atoms with Crippen molar-refractivity contribution in [3.63, 3.8) is 0 Å². The zero-order valence-electron chi connectivity index (χ0n) is 14.7. The summed E-state index contributed by atoms with van der Waals surface area (Å²) in [4.78, 5) is 12.7. The molecule has 124 valence electrons. The number of carbonyl (C=O) groups is 1. The normalized spacial score (nSPS) is 37.3. The zero-order chi connectivity index (χ0) is 16.8. The monoisotopic (exact) mass is 304 g/mol. The Balaban J connectivity index is 2.30. The second kappa shape index (κ2) is 5.63. The highest BCUT2D eigenvalue weighted by molar-refractivity contribution is 5.86. The average Bonchev–Trinajstić information content (AvgIpc) is 2.42. The molecule has 2 aliphatic rings. The molecule has 0 spiro atoms. The zero-order valence-corrected chi connectivity index (χ0v) is 14.7. The summed E-state index contributed by atoms with van der Waals surface area (Å²) < 4.78 is 0. The van der Waals surface area contributed by atoms with E-state index in [2.05, 4.69) is 33.9 Å². The number of hydrogen-bond acceptors (Lipinski definition) is 2. The quantitative estimate of drug-likeness (QED) is 0.766. The van der Waals surface area contributed by atoms with Crippen molar-refractivity contribution in [2.45, 2.75) is 71.8 Å². The molecule has 0 aliphatic heterocycles. The Morgan fingerprint density at radius 1 is 1.41 bits per heavy atom. The van der Waals surface area contributed by atoms with E-state index in [0.29, 0.717) is 24.5 Å². The lowest BCUT2D eigenvalue weighted by Gasteiger charge is -2.55. The molecule has 2 heteroatoms. The SMILES string of the molecule is C=CC(C)(O)CC[C@]1(C)C(=C)CC(=O)C2C1CCCC2(C)C. The van der Waals surface area contributed by atoms with Crippen molar-refractivity contribution in [2.75, 3.05) is 0 Å². The molecule has 0 radical (unpaired) electrons. The van der Waals surface area contributed by atoms with Crippen LogP contribution in [0.2, 0.25) is 0 Å². The molecule has 4 atom stereocenters. The van der Waals surface area contributed by atoms with Crippen molar-refractivity contribution in [2.24, 2.45) is 22.7 Å². The molecule has 1 N–H and O–H groups in total. The Labute approximate surface area is 135 Å². The number of fused-ring (bicyclic) bond motifs is 1. The van der Waals surface area contributed by atoms with E-state index in [0.717, 1.165) is 24.8 Å². The van der Waals surface area contributed by atoms with Gasteiger partial charge >= 0.3 is 0 Å². The summed E-state index contributed by atoms with van der Waals surface area (Å²) in [6.07, 6.45) is 7.09. The summed E-state index contributed by atoms with van der Waals surface area (Å²) in [6, 6.07) is 0. The molecule has 0 aromatic carbocycles. The number of rotatable bonds is 4. The molecule has 2 rings (SSSR count). The van der Waals surface area contributed by atoms with Crippen LogP contribution in [0.15, 0.2) is 24.8 Å². The number of carbonyl (C=O) groups excluding carboxylic acids is 1. The van der Waals surface area contributed by atoms with E-state index in [-0.39, 0.29) is 16.7 Å². The van der Waals surface area contributed by atoms with Crippen LogP contribution in [0.5, 0.6) is 0 Å². The minimum Gasteiger partial charge on any atom is -0.386 e. The second-order valence-corrected chi connectivity index (χ2v) is 8.69. The number of Topliss-reactive ketones (excluding diaryl/α,β-unsaturated/α-hetero) is 1. The Bertz CT molecular complexity index is 486. The van der Waals surface area contributed by atoms with Gasteiger partial charge in [0.1, 0.15) is 5.78 Å². The molecule has 0 amide bonds. The third kappa shape index (κ3) is 2.95. The highest BCUT2D eigenvalue weighted by atomic mass is 16.3. The van der Waals surface area contributed by atoms with Gasteiger partial charge < -0.3 is 5.11 Å². The molecule has 2 nitrogen and oxygen atoms in total. The molecule has 22 heavy (non-hydrogen) atoms. The minimum atomic E-state index is -0.843. The van der Waals surface area contributed by atoms with E-state index in [4.69, 9.17) is 0 Å². The lowest BCUT2D eigenvalue weighted by molar-refractivity contribution is -0.138. The van der Waals surface area contributed by atoms with E-state index in [1.54, 1.807) is 6.08 Å². The van der Waals surface area contributed by atoms with Gasteiger partial charge in [-0.1, -0.05) is 45.4 Å². The third-order valence-electron chi connectivity index (χ3n) is 6.53. The summed E-state index contributed by atoms with van der Waals surface area (Å²) >= 11 is 0.